The Labute approximate surface area is 103 Å². The summed E-state index contributed by atoms with van der Waals surface area (Å²) in [6.07, 6.45) is 2.10. The van der Waals surface area contributed by atoms with Crippen molar-refractivity contribution in [3.8, 4) is 0 Å². The third-order valence-electron chi connectivity index (χ3n) is 4.32. The Morgan fingerprint density at radius 3 is 2.82 bits per heavy atom. The zero-order chi connectivity index (χ0) is 12.5. The third-order valence-corrected chi connectivity index (χ3v) is 4.32. The smallest absolute Gasteiger partial charge is 0.226 e. The van der Waals surface area contributed by atoms with Gasteiger partial charge in [-0.2, -0.15) is 0 Å². The number of hydrogen-bond acceptors (Lipinski definition) is 3. The lowest BCUT2D eigenvalue weighted by atomic mass is 9.83. The molecule has 0 aliphatic carbocycles. The zero-order valence-corrected chi connectivity index (χ0v) is 10.9. The maximum Gasteiger partial charge on any atom is 0.226 e. The molecule has 2 rings (SSSR count). The second-order valence-corrected chi connectivity index (χ2v) is 6.13. The number of piperidine rings is 1. The number of likely N-dealkylation sites (tertiary alicyclic amines) is 1. The lowest BCUT2D eigenvalue weighted by Crippen LogP contribution is -2.42. The molecule has 0 unspecified atom stereocenters. The number of nitrogens with zero attached hydrogens (tertiary/aromatic N) is 1. The largest absolute Gasteiger partial charge is 0.396 e. The van der Waals surface area contributed by atoms with Crippen molar-refractivity contribution in [2.45, 2.75) is 26.7 Å². The Balaban J connectivity index is 1.97. The molecule has 2 saturated heterocycles. The van der Waals surface area contributed by atoms with Gasteiger partial charge in [-0.15, -0.1) is 0 Å². The lowest BCUT2D eigenvalue weighted by Gasteiger charge is -2.27. The molecule has 2 aliphatic heterocycles. The molecule has 4 nitrogen and oxygen atoms in total. The molecule has 0 spiro atoms. The highest BCUT2D eigenvalue weighted by Crippen LogP contribution is 2.35. The second kappa shape index (κ2) is 4.94. The SMILES string of the molecule is CC1(C)CN(C(=O)[C@H]2CCCNC2)C[C@@H]1CO. The van der Waals surface area contributed by atoms with Crippen molar-refractivity contribution in [1.29, 1.82) is 0 Å². The average Bonchev–Trinajstić information content (AvgIpc) is 2.64. The number of amides is 1. The molecule has 17 heavy (non-hydrogen) atoms. The Kier molecular flexibility index (Phi) is 3.73. The molecule has 2 N–H and O–H groups in total. The molecule has 2 aliphatic rings. The van der Waals surface area contributed by atoms with Gasteiger partial charge in [-0.25, -0.2) is 0 Å². The van der Waals surface area contributed by atoms with Crippen molar-refractivity contribution in [2.24, 2.45) is 17.3 Å². The molecular formula is C13H24N2O2. The Morgan fingerprint density at radius 2 is 2.29 bits per heavy atom. The van der Waals surface area contributed by atoms with Gasteiger partial charge < -0.3 is 15.3 Å². The fourth-order valence-corrected chi connectivity index (χ4v) is 2.99. The summed E-state index contributed by atoms with van der Waals surface area (Å²) >= 11 is 0. The summed E-state index contributed by atoms with van der Waals surface area (Å²) in [5, 5.41) is 12.6. The monoisotopic (exact) mass is 240 g/mol. The summed E-state index contributed by atoms with van der Waals surface area (Å²) < 4.78 is 0. The number of rotatable bonds is 2. The second-order valence-electron chi connectivity index (χ2n) is 6.13. The summed E-state index contributed by atoms with van der Waals surface area (Å²) in [4.78, 5) is 14.3. The maximum absolute atomic E-state index is 12.4. The van der Waals surface area contributed by atoms with Crippen molar-refractivity contribution < 1.29 is 9.90 Å². The number of aliphatic hydroxyl groups excluding tert-OH is 1. The Morgan fingerprint density at radius 1 is 1.53 bits per heavy atom. The van der Waals surface area contributed by atoms with Crippen LogP contribution in [0.2, 0.25) is 0 Å². The van der Waals surface area contributed by atoms with E-state index in [-0.39, 0.29) is 29.8 Å². The molecule has 0 bridgehead atoms. The van der Waals surface area contributed by atoms with Crippen LogP contribution in [0.4, 0.5) is 0 Å². The van der Waals surface area contributed by atoms with Gasteiger partial charge in [0.2, 0.25) is 5.91 Å². The van der Waals surface area contributed by atoms with E-state index in [0.717, 1.165) is 39.0 Å². The fourth-order valence-electron chi connectivity index (χ4n) is 2.99. The topological polar surface area (TPSA) is 52.6 Å². The summed E-state index contributed by atoms with van der Waals surface area (Å²) in [6, 6.07) is 0. The van der Waals surface area contributed by atoms with Crippen LogP contribution in [0, 0.1) is 17.3 Å². The summed E-state index contributed by atoms with van der Waals surface area (Å²) in [5.74, 6) is 0.654. The minimum atomic E-state index is 0.0481. The van der Waals surface area contributed by atoms with Crippen LogP contribution < -0.4 is 5.32 Å². The number of aliphatic hydroxyl groups is 1. The van der Waals surface area contributed by atoms with Crippen LogP contribution in [-0.4, -0.2) is 48.7 Å². The van der Waals surface area contributed by atoms with Crippen molar-refractivity contribution >= 4 is 5.91 Å². The molecule has 2 heterocycles. The van der Waals surface area contributed by atoms with Gasteiger partial charge in [0.1, 0.15) is 0 Å². The highest BCUT2D eigenvalue weighted by atomic mass is 16.3. The van der Waals surface area contributed by atoms with Crippen LogP contribution >= 0.6 is 0 Å². The van der Waals surface area contributed by atoms with Crippen LogP contribution in [-0.2, 0) is 4.79 Å². The van der Waals surface area contributed by atoms with E-state index in [9.17, 15) is 9.90 Å². The normalized spacial score (nSPS) is 32.8. The highest BCUT2D eigenvalue weighted by molar-refractivity contribution is 5.79. The molecule has 4 heteroatoms. The minimum Gasteiger partial charge on any atom is -0.396 e. The fraction of sp³-hybridized carbons (Fsp3) is 0.923. The summed E-state index contributed by atoms with van der Waals surface area (Å²) in [7, 11) is 0. The Hall–Kier alpha value is -0.610. The van der Waals surface area contributed by atoms with Gasteiger partial charge in [-0.3, -0.25) is 4.79 Å². The van der Waals surface area contributed by atoms with Gasteiger partial charge in [-0.1, -0.05) is 13.8 Å². The van der Waals surface area contributed by atoms with Crippen molar-refractivity contribution in [3.63, 3.8) is 0 Å². The van der Waals surface area contributed by atoms with E-state index in [0.29, 0.717) is 0 Å². The van der Waals surface area contributed by atoms with Gasteiger partial charge in [0.25, 0.3) is 0 Å². The maximum atomic E-state index is 12.4. The quantitative estimate of drug-likeness (QED) is 0.737. The lowest BCUT2D eigenvalue weighted by molar-refractivity contribution is -0.135. The van der Waals surface area contributed by atoms with E-state index >= 15 is 0 Å². The number of carbonyl (C=O) groups excluding carboxylic acids is 1. The molecule has 0 radical (unpaired) electrons. The van der Waals surface area contributed by atoms with E-state index in [2.05, 4.69) is 19.2 Å². The predicted molar refractivity (Wildman–Crippen MR) is 66.5 cm³/mol. The molecule has 2 fully saturated rings. The molecule has 0 aromatic rings. The first-order chi connectivity index (χ1) is 8.04. The summed E-state index contributed by atoms with van der Waals surface area (Å²) in [5.41, 5.74) is 0.0481. The summed E-state index contributed by atoms with van der Waals surface area (Å²) in [6.45, 7) is 7.82. The number of nitrogens with one attached hydrogen (secondary N) is 1. The number of carbonyl (C=O) groups is 1. The van der Waals surface area contributed by atoms with Gasteiger partial charge in [-0.05, 0) is 24.8 Å². The van der Waals surface area contributed by atoms with Crippen LogP contribution in [0.5, 0.6) is 0 Å². The third kappa shape index (κ3) is 2.63. The van der Waals surface area contributed by atoms with Crippen LogP contribution in [0.3, 0.4) is 0 Å². The van der Waals surface area contributed by atoms with E-state index < -0.39 is 0 Å². The average molecular weight is 240 g/mol. The van der Waals surface area contributed by atoms with Crippen LogP contribution in [0.25, 0.3) is 0 Å². The predicted octanol–water partition coefficient (Wildman–Crippen LogP) is 0.463. The molecular weight excluding hydrogens is 216 g/mol. The number of hydrogen-bond donors (Lipinski definition) is 2. The standard InChI is InChI=1S/C13H24N2O2/c1-13(2)9-15(7-11(13)8-16)12(17)10-4-3-5-14-6-10/h10-11,14,16H,3-9H2,1-2H3/t10-,11+/m0/s1. The molecule has 0 saturated carbocycles. The van der Waals surface area contributed by atoms with E-state index in [4.69, 9.17) is 0 Å². The zero-order valence-electron chi connectivity index (χ0n) is 10.9. The Bertz CT molecular complexity index is 285. The van der Waals surface area contributed by atoms with Crippen molar-refractivity contribution in [1.82, 2.24) is 10.2 Å². The van der Waals surface area contributed by atoms with Gasteiger partial charge in [0, 0.05) is 32.2 Å². The molecule has 1 amide bonds. The molecule has 2 atom stereocenters. The minimum absolute atomic E-state index is 0.0481. The van der Waals surface area contributed by atoms with E-state index in [1.54, 1.807) is 0 Å². The molecule has 0 aromatic heterocycles. The highest BCUT2D eigenvalue weighted by Gasteiger charge is 2.42. The van der Waals surface area contributed by atoms with Crippen molar-refractivity contribution in [2.75, 3.05) is 32.8 Å². The van der Waals surface area contributed by atoms with E-state index in [1.165, 1.54) is 0 Å². The first kappa shape index (κ1) is 12.8. The van der Waals surface area contributed by atoms with Crippen LogP contribution in [0.15, 0.2) is 0 Å². The first-order valence-corrected chi connectivity index (χ1v) is 6.65. The van der Waals surface area contributed by atoms with Crippen LogP contribution in [0.1, 0.15) is 26.7 Å². The van der Waals surface area contributed by atoms with Gasteiger partial charge >= 0.3 is 0 Å². The molecule has 0 aromatic carbocycles. The van der Waals surface area contributed by atoms with Gasteiger partial charge in [0.05, 0.1) is 5.92 Å². The molecule has 98 valence electrons. The van der Waals surface area contributed by atoms with Crippen molar-refractivity contribution in [3.05, 3.63) is 0 Å². The van der Waals surface area contributed by atoms with E-state index in [1.807, 2.05) is 4.90 Å². The van der Waals surface area contributed by atoms with Gasteiger partial charge in [0.15, 0.2) is 0 Å². The first-order valence-electron chi connectivity index (χ1n) is 6.65.